The molecule has 88 valence electrons. The number of nitrogens with zero attached hydrogens (tertiary/aromatic N) is 2. The maximum Gasteiger partial charge on any atom is 0.0113 e. The third-order valence-electron chi connectivity index (χ3n) is 4.28. The summed E-state index contributed by atoms with van der Waals surface area (Å²) in [5.41, 5.74) is 0. The minimum atomic E-state index is 0.910. The first kappa shape index (κ1) is 11.4. The molecule has 0 radical (unpaired) electrons. The Kier molecular flexibility index (Phi) is 4.04. The van der Waals surface area contributed by atoms with E-state index >= 15 is 0 Å². The summed E-state index contributed by atoms with van der Waals surface area (Å²) >= 11 is 0. The van der Waals surface area contributed by atoms with Crippen LogP contribution in [0.2, 0.25) is 0 Å². The Labute approximate surface area is 94.6 Å². The lowest BCUT2D eigenvalue weighted by atomic mass is 9.86. The molecule has 0 amide bonds. The van der Waals surface area contributed by atoms with Crippen LogP contribution in [0.1, 0.15) is 39.5 Å². The predicted octanol–water partition coefficient (Wildman–Crippen LogP) is 2.20. The molecule has 2 rings (SSSR count). The molecule has 2 nitrogen and oxygen atoms in total. The van der Waals surface area contributed by atoms with E-state index in [0.717, 1.165) is 12.0 Å². The highest BCUT2D eigenvalue weighted by molar-refractivity contribution is 4.82. The summed E-state index contributed by atoms with van der Waals surface area (Å²) in [6, 6.07) is 0.910. The Morgan fingerprint density at radius 1 is 1.07 bits per heavy atom. The van der Waals surface area contributed by atoms with E-state index in [1.807, 2.05) is 0 Å². The molecule has 2 fully saturated rings. The topological polar surface area (TPSA) is 6.48 Å². The largest absolute Gasteiger partial charge is 0.301 e. The first-order valence-corrected chi connectivity index (χ1v) is 6.76. The van der Waals surface area contributed by atoms with Crippen molar-refractivity contribution in [2.45, 2.75) is 45.6 Å². The van der Waals surface area contributed by atoms with Crippen molar-refractivity contribution in [1.29, 1.82) is 0 Å². The highest BCUT2D eigenvalue weighted by Gasteiger charge is 2.26. The molecule has 1 heterocycles. The second-order valence-corrected chi connectivity index (χ2v) is 5.40. The molecule has 0 aromatic rings. The summed E-state index contributed by atoms with van der Waals surface area (Å²) in [4.78, 5) is 5.32. The maximum atomic E-state index is 2.75. The number of piperazine rings is 1. The van der Waals surface area contributed by atoms with Gasteiger partial charge in [0.05, 0.1) is 0 Å². The number of rotatable bonds is 2. The van der Waals surface area contributed by atoms with Crippen LogP contribution in [0.25, 0.3) is 0 Å². The van der Waals surface area contributed by atoms with Crippen LogP contribution in [0, 0.1) is 5.92 Å². The molecule has 1 saturated carbocycles. The fourth-order valence-electron chi connectivity index (χ4n) is 3.18. The van der Waals surface area contributed by atoms with Crippen LogP contribution < -0.4 is 0 Å². The van der Waals surface area contributed by atoms with Crippen molar-refractivity contribution in [3.63, 3.8) is 0 Å². The molecule has 1 aliphatic heterocycles. The van der Waals surface area contributed by atoms with Gasteiger partial charge >= 0.3 is 0 Å². The van der Waals surface area contributed by atoms with E-state index in [4.69, 9.17) is 0 Å². The van der Waals surface area contributed by atoms with E-state index in [2.05, 4.69) is 23.6 Å². The molecule has 0 unspecified atom stereocenters. The van der Waals surface area contributed by atoms with E-state index in [1.54, 1.807) is 0 Å². The van der Waals surface area contributed by atoms with Crippen LogP contribution >= 0.6 is 0 Å². The van der Waals surface area contributed by atoms with Gasteiger partial charge in [-0.15, -0.1) is 0 Å². The lowest BCUT2D eigenvalue weighted by molar-refractivity contribution is 0.0714. The normalized spacial score (nSPS) is 35.6. The van der Waals surface area contributed by atoms with Crippen LogP contribution in [0.15, 0.2) is 0 Å². The van der Waals surface area contributed by atoms with Gasteiger partial charge in [0.25, 0.3) is 0 Å². The van der Waals surface area contributed by atoms with E-state index in [0.29, 0.717) is 0 Å². The molecule has 0 bridgehead atoms. The summed E-state index contributed by atoms with van der Waals surface area (Å²) < 4.78 is 0. The van der Waals surface area contributed by atoms with Crippen molar-refractivity contribution < 1.29 is 0 Å². The van der Waals surface area contributed by atoms with Gasteiger partial charge in [0.1, 0.15) is 0 Å². The molecule has 0 spiro atoms. The Balaban J connectivity index is 1.79. The third-order valence-corrected chi connectivity index (χ3v) is 4.28. The van der Waals surface area contributed by atoms with Crippen LogP contribution in [0.3, 0.4) is 0 Å². The number of likely N-dealkylation sites (N-methyl/N-ethyl adjacent to an activating group) is 1. The molecule has 15 heavy (non-hydrogen) atoms. The molecule has 2 atom stereocenters. The molecule has 0 aromatic heterocycles. The monoisotopic (exact) mass is 210 g/mol. The molecule has 0 aromatic carbocycles. The van der Waals surface area contributed by atoms with E-state index in [-0.39, 0.29) is 0 Å². The van der Waals surface area contributed by atoms with Gasteiger partial charge < -0.3 is 4.90 Å². The van der Waals surface area contributed by atoms with Gasteiger partial charge in [0.2, 0.25) is 0 Å². The second kappa shape index (κ2) is 5.31. The summed E-state index contributed by atoms with van der Waals surface area (Å²) in [6.07, 6.45) is 5.83. The van der Waals surface area contributed by atoms with Crippen LogP contribution in [-0.2, 0) is 0 Å². The molecule has 0 N–H and O–H groups in total. The highest BCUT2D eigenvalue weighted by atomic mass is 15.3. The SMILES string of the molecule is CCN1CCN([C@H]2CCC[C@@H](C)C2)CC1. The summed E-state index contributed by atoms with van der Waals surface area (Å²) in [6.45, 7) is 11.1. The summed E-state index contributed by atoms with van der Waals surface area (Å²) in [7, 11) is 0. The summed E-state index contributed by atoms with van der Waals surface area (Å²) in [5, 5.41) is 0. The Hall–Kier alpha value is -0.0800. The fraction of sp³-hybridized carbons (Fsp3) is 1.00. The first-order valence-electron chi connectivity index (χ1n) is 6.76. The maximum absolute atomic E-state index is 2.75. The van der Waals surface area contributed by atoms with Crippen molar-refractivity contribution in [3.8, 4) is 0 Å². The Bertz CT molecular complexity index is 185. The van der Waals surface area contributed by atoms with E-state index < -0.39 is 0 Å². The molecule has 2 heteroatoms. The van der Waals surface area contributed by atoms with Gasteiger partial charge in [-0.2, -0.15) is 0 Å². The van der Waals surface area contributed by atoms with E-state index in [9.17, 15) is 0 Å². The van der Waals surface area contributed by atoms with Gasteiger partial charge in [-0.05, 0) is 25.3 Å². The standard InChI is InChI=1S/C13H26N2/c1-3-14-7-9-15(10-8-14)13-6-4-5-12(2)11-13/h12-13H,3-11H2,1-2H3/t12-,13+/m1/s1. The van der Waals surface area contributed by atoms with Crippen LogP contribution in [0.4, 0.5) is 0 Å². The smallest absolute Gasteiger partial charge is 0.0113 e. The molecule has 1 aliphatic carbocycles. The molecular formula is C13H26N2. The lowest BCUT2D eigenvalue weighted by Crippen LogP contribution is -2.51. The first-order chi connectivity index (χ1) is 7.29. The van der Waals surface area contributed by atoms with Crippen LogP contribution in [-0.4, -0.2) is 48.6 Å². The minimum absolute atomic E-state index is 0.910. The summed E-state index contributed by atoms with van der Waals surface area (Å²) in [5.74, 6) is 0.966. The molecule has 1 saturated heterocycles. The zero-order chi connectivity index (χ0) is 10.7. The minimum Gasteiger partial charge on any atom is -0.301 e. The number of hydrogen-bond acceptors (Lipinski definition) is 2. The van der Waals surface area contributed by atoms with Gasteiger partial charge in [-0.1, -0.05) is 26.7 Å². The van der Waals surface area contributed by atoms with E-state index in [1.165, 1.54) is 58.4 Å². The second-order valence-electron chi connectivity index (χ2n) is 5.40. The van der Waals surface area contributed by atoms with Gasteiger partial charge in [0, 0.05) is 32.2 Å². The Morgan fingerprint density at radius 2 is 1.80 bits per heavy atom. The average Bonchev–Trinajstić information content (AvgIpc) is 2.29. The molecule has 2 aliphatic rings. The Morgan fingerprint density at radius 3 is 2.40 bits per heavy atom. The zero-order valence-electron chi connectivity index (χ0n) is 10.4. The van der Waals surface area contributed by atoms with Gasteiger partial charge in [0.15, 0.2) is 0 Å². The highest BCUT2D eigenvalue weighted by Crippen LogP contribution is 2.27. The fourth-order valence-corrected chi connectivity index (χ4v) is 3.18. The van der Waals surface area contributed by atoms with Crippen molar-refractivity contribution in [2.24, 2.45) is 5.92 Å². The van der Waals surface area contributed by atoms with Crippen molar-refractivity contribution in [1.82, 2.24) is 9.80 Å². The number of hydrogen-bond donors (Lipinski definition) is 0. The lowest BCUT2D eigenvalue weighted by Gasteiger charge is -2.41. The quantitative estimate of drug-likeness (QED) is 0.689. The van der Waals surface area contributed by atoms with Crippen LogP contribution in [0.5, 0.6) is 0 Å². The van der Waals surface area contributed by atoms with Gasteiger partial charge in [-0.25, -0.2) is 0 Å². The van der Waals surface area contributed by atoms with Gasteiger partial charge in [-0.3, -0.25) is 4.90 Å². The van der Waals surface area contributed by atoms with Crippen molar-refractivity contribution >= 4 is 0 Å². The predicted molar refractivity (Wildman–Crippen MR) is 65.1 cm³/mol. The third kappa shape index (κ3) is 2.94. The van der Waals surface area contributed by atoms with Crippen molar-refractivity contribution in [3.05, 3.63) is 0 Å². The average molecular weight is 210 g/mol. The van der Waals surface area contributed by atoms with Crippen molar-refractivity contribution in [2.75, 3.05) is 32.7 Å². The zero-order valence-corrected chi connectivity index (χ0v) is 10.4. The molecular weight excluding hydrogens is 184 g/mol.